The van der Waals surface area contributed by atoms with Crippen molar-refractivity contribution in [2.24, 2.45) is 5.16 Å². The zero-order valence-electron chi connectivity index (χ0n) is 23.0. The number of benzene rings is 2. The topological polar surface area (TPSA) is 113 Å². The number of ether oxygens (including phenoxy) is 2. The zero-order valence-corrected chi connectivity index (χ0v) is 23.0. The van der Waals surface area contributed by atoms with E-state index in [0.29, 0.717) is 24.1 Å². The number of oxime groups is 1. The normalized spacial score (nSPS) is 11.4. The SMILES string of the molecule is CCCC/C(=N\OC(C)=O)C(=O)c1ccc2c(c1)c1cc(C=C(C(=O)OCC)C(=O)OCC)ccc1n2CC. The molecule has 1 aromatic heterocycles. The molecule has 39 heavy (non-hydrogen) atoms. The zero-order chi connectivity index (χ0) is 28.5. The van der Waals surface area contributed by atoms with Crippen LogP contribution in [0.2, 0.25) is 0 Å². The maximum absolute atomic E-state index is 13.4. The number of Topliss-reactive ketones (excluding diaryl/α,β-unsaturated/α-hetero) is 1. The molecule has 0 aliphatic carbocycles. The van der Waals surface area contributed by atoms with Gasteiger partial charge in [-0.15, -0.1) is 0 Å². The summed E-state index contributed by atoms with van der Waals surface area (Å²) < 4.78 is 12.2. The number of hydrogen-bond acceptors (Lipinski definition) is 8. The van der Waals surface area contributed by atoms with E-state index in [1.165, 1.54) is 13.0 Å². The van der Waals surface area contributed by atoms with Crippen molar-refractivity contribution in [1.82, 2.24) is 4.57 Å². The molecule has 0 bridgehead atoms. The van der Waals surface area contributed by atoms with Crippen molar-refractivity contribution >= 4 is 57.3 Å². The first-order chi connectivity index (χ1) is 18.7. The quantitative estimate of drug-likeness (QED) is 0.0433. The van der Waals surface area contributed by atoms with Crippen molar-refractivity contribution < 1.29 is 33.5 Å². The summed E-state index contributed by atoms with van der Waals surface area (Å²) in [6, 6.07) is 11.0. The minimum absolute atomic E-state index is 0.121. The van der Waals surface area contributed by atoms with Crippen molar-refractivity contribution in [3.8, 4) is 0 Å². The van der Waals surface area contributed by atoms with Gasteiger partial charge in [-0.3, -0.25) is 4.79 Å². The Morgan fingerprint density at radius 3 is 2.05 bits per heavy atom. The van der Waals surface area contributed by atoms with Crippen LogP contribution in [0.1, 0.15) is 69.8 Å². The van der Waals surface area contributed by atoms with E-state index in [9.17, 15) is 19.2 Å². The Morgan fingerprint density at radius 1 is 0.872 bits per heavy atom. The van der Waals surface area contributed by atoms with E-state index in [4.69, 9.17) is 14.3 Å². The lowest BCUT2D eigenvalue weighted by Crippen LogP contribution is -2.18. The van der Waals surface area contributed by atoms with Crippen LogP contribution in [-0.4, -0.2) is 47.2 Å². The maximum atomic E-state index is 13.4. The largest absolute Gasteiger partial charge is 0.462 e. The molecular formula is C30H34N2O7. The van der Waals surface area contributed by atoms with Gasteiger partial charge in [0.25, 0.3) is 0 Å². The highest BCUT2D eigenvalue weighted by molar-refractivity contribution is 6.46. The van der Waals surface area contributed by atoms with Gasteiger partial charge in [0.1, 0.15) is 11.3 Å². The highest BCUT2D eigenvalue weighted by atomic mass is 16.7. The summed E-state index contributed by atoms with van der Waals surface area (Å²) in [5, 5.41) is 5.49. The van der Waals surface area contributed by atoms with Gasteiger partial charge in [0.2, 0.25) is 5.78 Å². The van der Waals surface area contributed by atoms with E-state index in [1.807, 2.05) is 38.1 Å². The van der Waals surface area contributed by atoms with Gasteiger partial charge < -0.3 is 18.9 Å². The third-order valence-corrected chi connectivity index (χ3v) is 6.08. The molecular weight excluding hydrogens is 500 g/mol. The summed E-state index contributed by atoms with van der Waals surface area (Å²) in [5.41, 5.74) is 2.86. The lowest BCUT2D eigenvalue weighted by molar-refractivity contribution is -0.146. The van der Waals surface area contributed by atoms with Gasteiger partial charge in [-0.2, -0.15) is 0 Å². The highest BCUT2D eigenvalue weighted by Crippen LogP contribution is 2.31. The van der Waals surface area contributed by atoms with Crippen LogP contribution in [0, 0.1) is 0 Å². The molecule has 2 aromatic carbocycles. The summed E-state index contributed by atoms with van der Waals surface area (Å²) in [4.78, 5) is 54.4. The first kappa shape index (κ1) is 29.3. The first-order valence-electron chi connectivity index (χ1n) is 13.2. The number of aromatic nitrogens is 1. The van der Waals surface area contributed by atoms with E-state index >= 15 is 0 Å². The van der Waals surface area contributed by atoms with Crippen LogP contribution in [0.4, 0.5) is 0 Å². The van der Waals surface area contributed by atoms with Crippen LogP contribution in [0.25, 0.3) is 27.9 Å². The van der Waals surface area contributed by atoms with E-state index < -0.39 is 17.9 Å². The smallest absolute Gasteiger partial charge is 0.345 e. The number of hydrogen-bond donors (Lipinski definition) is 0. The van der Waals surface area contributed by atoms with E-state index in [1.54, 1.807) is 26.0 Å². The van der Waals surface area contributed by atoms with Crippen LogP contribution < -0.4 is 0 Å². The van der Waals surface area contributed by atoms with Gasteiger partial charge in [0.15, 0.2) is 0 Å². The molecule has 3 aromatic rings. The fourth-order valence-corrected chi connectivity index (χ4v) is 4.31. The number of fused-ring (bicyclic) bond motifs is 3. The van der Waals surface area contributed by atoms with Crippen LogP contribution in [-0.2, 0) is 35.2 Å². The van der Waals surface area contributed by atoms with Gasteiger partial charge in [0.05, 0.1) is 13.2 Å². The molecule has 0 aliphatic heterocycles. The standard InChI is InChI=1S/C30H34N2O7/c1-6-10-11-25(31-39-19(5)33)28(34)21-13-15-27-23(18-21)22-16-20(12-14-26(22)32(27)7-2)17-24(29(35)37-8-3)30(36)38-9-4/h12-18H,6-11H2,1-5H3/b31-25+. The molecule has 0 radical (unpaired) electrons. The van der Waals surface area contributed by atoms with Gasteiger partial charge >= 0.3 is 17.9 Å². The highest BCUT2D eigenvalue weighted by Gasteiger charge is 2.22. The summed E-state index contributed by atoms with van der Waals surface area (Å²) in [5.74, 6) is -2.42. The molecule has 1 heterocycles. The Balaban J connectivity index is 2.16. The Morgan fingerprint density at radius 2 is 1.49 bits per heavy atom. The Bertz CT molecular complexity index is 1440. The lowest BCUT2D eigenvalue weighted by Gasteiger charge is -2.07. The molecule has 0 N–H and O–H groups in total. The molecule has 9 heteroatoms. The van der Waals surface area contributed by atoms with E-state index in [0.717, 1.165) is 34.6 Å². The Kier molecular flexibility index (Phi) is 10.1. The van der Waals surface area contributed by atoms with Crippen molar-refractivity contribution in [1.29, 1.82) is 0 Å². The lowest BCUT2D eigenvalue weighted by atomic mass is 10.00. The molecule has 0 aliphatic rings. The van der Waals surface area contributed by atoms with E-state index in [-0.39, 0.29) is 30.3 Å². The number of unbranched alkanes of at least 4 members (excludes halogenated alkanes) is 1. The fourth-order valence-electron chi connectivity index (χ4n) is 4.31. The Hall–Kier alpha value is -4.27. The average molecular weight is 535 g/mol. The molecule has 0 fully saturated rings. The molecule has 0 saturated carbocycles. The second kappa shape index (κ2) is 13.5. The summed E-state index contributed by atoms with van der Waals surface area (Å²) in [6.07, 6.45) is 3.42. The number of carbonyl (C=O) groups is 4. The summed E-state index contributed by atoms with van der Waals surface area (Å²) >= 11 is 0. The number of aryl methyl sites for hydroxylation is 1. The minimum Gasteiger partial charge on any atom is -0.462 e. The van der Waals surface area contributed by atoms with Crippen molar-refractivity contribution in [3.63, 3.8) is 0 Å². The number of carbonyl (C=O) groups excluding carboxylic acids is 4. The predicted molar refractivity (Wildman–Crippen MR) is 149 cm³/mol. The van der Waals surface area contributed by atoms with E-state index in [2.05, 4.69) is 9.72 Å². The van der Waals surface area contributed by atoms with Gasteiger partial charge in [0, 0.05) is 40.8 Å². The van der Waals surface area contributed by atoms with Gasteiger partial charge in [-0.1, -0.05) is 24.6 Å². The molecule has 206 valence electrons. The number of rotatable bonds is 12. The molecule has 0 atom stereocenters. The monoisotopic (exact) mass is 534 g/mol. The molecule has 9 nitrogen and oxygen atoms in total. The summed E-state index contributed by atoms with van der Waals surface area (Å²) in [7, 11) is 0. The first-order valence-corrected chi connectivity index (χ1v) is 13.2. The van der Waals surface area contributed by atoms with Gasteiger partial charge in [-0.25, -0.2) is 14.4 Å². The van der Waals surface area contributed by atoms with Crippen molar-refractivity contribution in [2.75, 3.05) is 13.2 Å². The number of esters is 2. The van der Waals surface area contributed by atoms with Crippen molar-refractivity contribution in [2.45, 2.75) is 60.4 Å². The molecule has 0 saturated heterocycles. The average Bonchev–Trinajstić information content (AvgIpc) is 3.23. The summed E-state index contributed by atoms with van der Waals surface area (Å²) in [6.45, 7) is 9.52. The molecule has 3 rings (SSSR count). The third-order valence-electron chi connectivity index (χ3n) is 6.08. The Labute approximate surface area is 227 Å². The minimum atomic E-state index is -0.758. The maximum Gasteiger partial charge on any atom is 0.345 e. The van der Waals surface area contributed by atoms with Crippen molar-refractivity contribution in [3.05, 3.63) is 53.1 Å². The van der Waals surface area contributed by atoms with Crippen LogP contribution in [0.15, 0.2) is 47.1 Å². The third kappa shape index (κ3) is 6.79. The van der Waals surface area contributed by atoms with Crippen LogP contribution in [0.5, 0.6) is 0 Å². The van der Waals surface area contributed by atoms with Crippen LogP contribution in [0.3, 0.4) is 0 Å². The number of nitrogens with zero attached hydrogens (tertiary/aromatic N) is 2. The predicted octanol–water partition coefficient (Wildman–Crippen LogP) is 5.62. The molecule has 0 unspecified atom stereocenters. The second-order valence-corrected chi connectivity index (χ2v) is 8.81. The fraction of sp³-hybridized carbons (Fsp3) is 0.367. The molecule has 0 spiro atoms. The number of ketones is 1. The van der Waals surface area contributed by atoms with Gasteiger partial charge in [-0.05, 0) is 75.6 Å². The second-order valence-electron chi connectivity index (χ2n) is 8.81. The molecule has 0 amide bonds. The van der Waals surface area contributed by atoms with Crippen LogP contribution >= 0.6 is 0 Å².